The first-order chi connectivity index (χ1) is 8.63. The molecule has 1 N–H and O–H groups in total. The van der Waals surface area contributed by atoms with E-state index in [4.69, 9.17) is 0 Å². The fraction of sp³-hybridized carbons (Fsp3) is 0.133. The van der Waals surface area contributed by atoms with Gasteiger partial charge >= 0.3 is 35.5 Å². The maximum Gasteiger partial charge on any atom is 1.00 e. The Balaban J connectivity index is 0.000001000. The predicted molar refractivity (Wildman–Crippen MR) is 73.8 cm³/mol. The average molecular weight is 280 g/mol. The first-order valence-electron chi connectivity index (χ1n) is 5.74. The van der Waals surface area contributed by atoms with Crippen LogP contribution in [-0.2, 0) is 9.54 Å². The first kappa shape index (κ1) is 14.7. The number of thioether (sulfide) groups is 1. The number of hydrogen-bond donors (Lipinski definition) is 1. The predicted octanol–water partition coefficient (Wildman–Crippen LogP) is 0.876. The minimum atomic E-state index is -0.912. The molecule has 1 aliphatic heterocycles. The van der Waals surface area contributed by atoms with Crippen LogP contribution in [0.4, 0.5) is 0 Å². The van der Waals surface area contributed by atoms with Gasteiger partial charge in [-0.15, -0.1) is 11.8 Å². The molecule has 0 radical (unpaired) electrons. The molecule has 2 aromatic carbocycles. The number of rotatable bonds is 1. The number of hydrogen-bond acceptors (Lipinski definition) is 2. The van der Waals surface area contributed by atoms with Crippen molar-refractivity contribution in [3.05, 3.63) is 54.1 Å². The maximum atomic E-state index is 11.6. The van der Waals surface area contributed by atoms with E-state index < -0.39 is 10.7 Å². The van der Waals surface area contributed by atoms with Gasteiger partial charge in [-0.3, -0.25) is 4.79 Å². The van der Waals surface area contributed by atoms with Crippen molar-refractivity contribution in [2.45, 2.75) is 16.6 Å². The third kappa shape index (κ3) is 2.25. The molecule has 0 amide bonds. The second kappa shape index (κ2) is 5.33. The van der Waals surface area contributed by atoms with Gasteiger partial charge in [-0.1, -0.05) is 42.5 Å². The normalized spacial score (nSPS) is 19.8. The average Bonchev–Trinajstić information content (AvgIpc) is 2.39. The number of benzene rings is 2. The molecule has 1 heterocycles. The van der Waals surface area contributed by atoms with Crippen molar-refractivity contribution in [2.75, 3.05) is 0 Å². The fourth-order valence-corrected chi connectivity index (χ4v) is 3.60. The van der Waals surface area contributed by atoms with Gasteiger partial charge in [-0.2, -0.15) is 0 Å². The fourth-order valence-electron chi connectivity index (χ4n) is 2.35. The van der Waals surface area contributed by atoms with Crippen molar-refractivity contribution in [3.8, 4) is 11.1 Å². The molecule has 0 saturated heterocycles. The largest absolute Gasteiger partial charge is 1.00 e. The summed E-state index contributed by atoms with van der Waals surface area (Å²) in [6.45, 7) is 1.77. The van der Waals surface area contributed by atoms with Crippen LogP contribution in [0.25, 0.3) is 11.1 Å². The zero-order valence-corrected chi connectivity index (χ0v) is 13.7. The summed E-state index contributed by atoms with van der Waals surface area (Å²) in [5, 5.41) is 9.55. The zero-order valence-electron chi connectivity index (χ0n) is 11.9. The Labute approximate surface area is 140 Å². The smallest absolute Gasteiger partial charge is 1.00 e. The van der Waals surface area contributed by atoms with Crippen molar-refractivity contribution < 1.29 is 40.9 Å². The van der Waals surface area contributed by atoms with Crippen molar-refractivity contribution >= 4 is 17.7 Å². The quantitative estimate of drug-likeness (QED) is 0.788. The molecule has 4 heteroatoms. The molecule has 92 valence electrons. The number of carbonyl (C=O) groups is 1. The molecule has 0 aromatic heterocycles. The summed E-state index contributed by atoms with van der Waals surface area (Å²) in [5.74, 6) is -0.797. The molecule has 0 spiro atoms. The molecule has 0 aliphatic carbocycles. The summed E-state index contributed by atoms with van der Waals surface area (Å²) in [6.07, 6.45) is 0. The van der Waals surface area contributed by atoms with E-state index in [-0.39, 0.29) is 31.0 Å². The van der Waals surface area contributed by atoms with Crippen LogP contribution in [0.2, 0.25) is 0 Å². The second-order valence-corrected chi connectivity index (χ2v) is 5.94. The number of fused-ring (bicyclic) bond motifs is 3. The van der Waals surface area contributed by atoms with Crippen LogP contribution in [0, 0.1) is 0 Å². The molecule has 3 rings (SSSR count). The van der Waals surface area contributed by atoms with Gasteiger partial charge in [0.25, 0.3) is 0 Å². The van der Waals surface area contributed by atoms with Gasteiger partial charge in [0.2, 0.25) is 0 Å². The monoisotopic (exact) mass is 280 g/mol. The number of aliphatic carboxylic acids is 1. The summed E-state index contributed by atoms with van der Waals surface area (Å²) >= 11 is 1.41. The van der Waals surface area contributed by atoms with Crippen LogP contribution in [0.15, 0.2) is 53.4 Å². The van der Waals surface area contributed by atoms with Gasteiger partial charge in [0.05, 0.1) is 0 Å². The Morgan fingerprint density at radius 3 is 2.37 bits per heavy atom. The summed E-state index contributed by atoms with van der Waals surface area (Å²) in [7, 11) is 0. The summed E-state index contributed by atoms with van der Waals surface area (Å²) in [6, 6.07) is 15.7. The van der Waals surface area contributed by atoms with Crippen LogP contribution in [0.5, 0.6) is 0 Å². The van der Waals surface area contributed by atoms with Gasteiger partial charge in [0, 0.05) is 4.90 Å². The Morgan fingerprint density at radius 1 is 1.11 bits per heavy atom. The van der Waals surface area contributed by atoms with Crippen molar-refractivity contribution in [3.63, 3.8) is 0 Å². The molecule has 1 unspecified atom stereocenters. The van der Waals surface area contributed by atoms with Crippen molar-refractivity contribution in [2.24, 2.45) is 0 Å². The van der Waals surface area contributed by atoms with E-state index in [2.05, 4.69) is 0 Å². The van der Waals surface area contributed by atoms with Crippen LogP contribution in [0.1, 0.15) is 13.9 Å². The van der Waals surface area contributed by atoms with Gasteiger partial charge in [0.1, 0.15) is 4.75 Å². The van der Waals surface area contributed by atoms with E-state index in [0.717, 1.165) is 21.6 Å². The number of carboxylic acids is 1. The molecule has 2 aromatic rings. The van der Waals surface area contributed by atoms with E-state index >= 15 is 0 Å². The third-order valence-electron chi connectivity index (χ3n) is 3.34. The molecule has 1 aliphatic rings. The Bertz CT molecular complexity index is 647. The SMILES string of the molecule is CC1(C(=O)O)Sc2ccccc2-c2ccccc21.[H-].[Na+]. The van der Waals surface area contributed by atoms with Crippen LogP contribution in [0.3, 0.4) is 0 Å². The minimum absolute atomic E-state index is 0. The summed E-state index contributed by atoms with van der Waals surface area (Å²) in [4.78, 5) is 12.7. The van der Waals surface area contributed by atoms with E-state index in [0.29, 0.717) is 0 Å². The molecule has 0 fully saturated rings. The van der Waals surface area contributed by atoms with Crippen molar-refractivity contribution in [1.82, 2.24) is 0 Å². The van der Waals surface area contributed by atoms with Gasteiger partial charge in [-0.05, 0) is 29.7 Å². The third-order valence-corrected chi connectivity index (χ3v) is 4.72. The molecule has 0 bridgehead atoms. The van der Waals surface area contributed by atoms with E-state index in [1.807, 2.05) is 48.5 Å². The summed E-state index contributed by atoms with van der Waals surface area (Å²) in [5.41, 5.74) is 3.02. The zero-order chi connectivity index (χ0) is 12.8. The molecule has 2 nitrogen and oxygen atoms in total. The first-order valence-corrected chi connectivity index (χ1v) is 6.56. The standard InChI is InChI=1S/C15H12O2S.Na.H/c1-15(14(16)17)12-8-4-2-6-10(12)11-7-3-5-9-13(11)18-15;;/h2-9H,1H3,(H,16,17);;/q;+1;-1. The number of carboxylic acid groups (broad SMARTS) is 1. The molecule has 19 heavy (non-hydrogen) atoms. The summed E-state index contributed by atoms with van der Waals surface area (Å²) < 4.78 is -0.912. The van der Waals surface area contributed by atoms with Crippen LogP contribution < -0.4 is 29.6 Å². The van der Waals surface area contributed by atoms with Crippen molar-refractivity contribution in [1.29, 1.82) is 0 Å². The van der Waals surface area contributed by atoms with E-state index in [1.165, 1.54) is 11.8 Å². The molecular formula is C15H13NaO2S. The maximum absolute atomic E-state index is 11.6. The van der Waals surface area contributed by atoms with Gasteiger partial charge < -0.3 is 6.53 Å². The van der Waals surface area contributed by atoms with Gasteiger partial charge in [0.15, 0.2) is 0 Å². The topological polar surface area (TPSA) is 37.3 Å². The Hall–Kier alpha value is -0.740. The van der Waals surface area contributed by atoms with Gasteiger partial charge in [-0.25, -0.2) is 0 Å². The molecule has 0 saturated carbocycles. The van der Waals surface area contributed by atoms with E-state index in [9.17, 15) is 9.90 Å². The Morgan fingerprint density at radius 2 is 1.68 bits per heavy atom. The van der Waals surface area contributed by atoms with E-state index in [1.54, 1.807) is 6.92 Å². The minimum Gasteiger partial charge on any atom is -1.00 e. The molecular weight excluding hydrogens is 267 g/mol. The van der Waals surface area contributed by atoms with Crippen LogP contribution in [-0.4, -0.2) is 11.1 Å². The second-order valence-electron chi connectivity index (χ2n) is 4.48. The Kier molecular flexibility index (Phi) is 4.11. The molecule has 1 atom stereocenters. The van der Waals surface area contributed by atoms with Crippen LogP contribution >= 0.6 is 11.8 Å².